The molecule has 1 amide bonds. The van der Waals surface area contributed by atoms with Gasteiger partial charge in [-0.15, -0.1) is 0 Å². The van der Waals surface area contributed by atoms with E-state index in [4.69, 9.17) is 9.47 Å². The van der Waals surface area contributed by atoms with Crippen LogP contribution in [0.2, 0.25) is 0 Å². The van der Waals surface area contributed by atoms with E-state index in [9.17, 15) is 9.59 Å². The molecule has 1 fully saturated rings. The Kier molecular flexibility index (Phi) is 3.50. The number of nitrogens with zero attached hydrogens (tertiary/aromatic N) is 2. The number of aromatic nitrogens is 2. The summed E-state index contributed by atoms with van der Waals surface area (Å²) in [6, 6.07) is 1.55. The predicted molar refractivity (Wildman–Crippen MR) is 58.5 cm³/mol. The van der Waals surface area contributed by atoms with Crippen LogP contribution in [0.5, 0.6) is 0 Å². The third-order valence-electron chi connectivity index (χ3n) is 2.21. The zero-order valence-corrected chi connectivity index (χ0v) is 9.38. The fourth-order valence-electron chi connectivity index (χ4n) is 1.49. The predicted octanol–water partition coefficient (Wildman–Crippen LogP) is -0.425. The molecule has 17 heavy (non-hydrogen) atoms. The summed E-state index contributed by atoms with van der Waals surface area (Å²) in [7, 11) is 0. The second-order valence-electron chi connectivity index (χ2n) is 3.60. The van der Waals surface area contributed by atoms with E-state index in [0.29, 0.717) is 19.8 Å². The molecule has 0 spiro atoms. The smallest absolute Gasteiger partial charge is 0.348 e. The molecule has 0 aliphatic carbocycles. The van der Waals surface area contributed by atoms with Crippen LogP contribution < -0.4 is 11.0 Å². The van der Waals surface area contributed by atoms with Crippen molar-refractivity contribution in [2.24, 2.45) is 0 Å². The van der Waals surface area contributed by atoms with Crippen LogP contribution in [0.15, 0.2) is 17.1 Å². The highest BCUT2D eigenvalue weighted by atomic mass is 16.7. The minimum absolute atomic E-state index is 0.243. The number of rotatable bonds is 3. The lowest BCUT2D eigenvalue weighted by atomic mass is 10.5. The highest BCUT2D eigenvalue weighted by molar-refractivity contribution is 5.87. The highest BCUT2D eigenvalue weighted by Gasteiger charge is 2.17. The molecular formula is C10H13N3O4. The van der Waals surface area contributed by atoms with E-state index >= 15 is 0 Å². The SMILES string of the molecule is CC(=O)Nc1ccn(CC2OCCO2)c(=O)n1. The Morgan fingerprint density at radius 3 is 2.88 bits per heavy atom. The first kappa shape index (κ1) is 11.7. The van der Waals surface area contributed by atoms with Crippen molar-refractivity contribution < 1.29 is 14.3 Å². The van der Waals surface area contributed by atoms with Crippen LogP contribution in [-0.4, -0.2) is 35.0 Å². The average molecular weight is 239 g/mol. The third kappa shape index (κ3) is 3.11. The quantitative estimate of drug-likeness (QED) is 0.774. The zero-order chi connectivity index (χ0) is 12.3. The standard InChI is InChI=1S/C10H13N3O4/c1-7(14)11-8-2-3-13(10(15)12-8)6-9-16-4-5-17-9/h2-3,9H,4-6H2,1H3,(H,11,12,14,15). The number of anilines is 1. The summed E-state index contributed by atoms with van der Waals surface area (Å²) in [5.41, 5.74) is -0.449. The summed E-state index contributed by atoms with van der Waals surface area (Å²) in [5.74, 6) is -0.0240. The van der Waals surface area contributed by atoms with E-state index in [2.05, 4.69) is 10.3 Å². The van der Waals surface area contributed by atoms with Crippen molar-refractivity contribution in [3.8, 4) is 0 Å². The lowest BCUT2D eigenvalue weighted by molar-refractivity contribution is -0.114. The van der Waals surface area contributed by atoms with Crippen molar-refractivity contribution >= 4 is 11.7 Å². The van der Waals surface area contributed by atoms with E-state index < -0.39 is 12.0 Å². The summed E-state index contributed by atoms with van der Waals surface area (Å²) in [4.78, 5) is 26.1. The Hall–Kier alpha value is -1.73. The molecule has 0 bridgehead atoms. The molecule has 0 saturated carbocycles. The zero-order valence-electron chi connectivity index (χ0n) is 9.38. The van der Waals surface area contributed by atoms with E-state index in [1.54, 1.807) is 12.3 Å². The van der Waals surface area contributed by atoms with Gasteiger partial charge in [-0.05, 0) is 6.07 Å². The molecule has 0 atom stereocenters. The lowest BCUT2D eigenvalue weighted by Crippen LogP contribution is -2.29. The topological polar surface area (TPSA) is 82.5 Å². The summed E-state index contributed by atoms with van der Waals surface area (Å²) >= 11 is 0. The van der Waals surface area contributed by atoms with Gasteiger partial charge in [0.05, 0.1) is 19.8 Å². The number of ether oxygens (including phenoxy) is 2. The summed E-state index contributed by atoms with van der Waals surface area (Å²) < 4.78 is 11.8. The van der Waals surface area contributed by atoms with Crippen LogP contribution >= 0.6 is 0 Å². The van der Waals surface area contributed by atoms with Crippen LogP contribution in [0.25, 0.3) is 0 Å². The maximum Gasteiger partial charge on any atom is 0.349 e. The van der Waals surface area contributed by atoms with Crippen molar-refractivity contribution in [1.29, 1.82) is 0 Å². The van der Waals surface area contributed by atoms with Crippen LogP contribution in [0, 0.1) is 0 Å². The maximum atomic E-state index is 11.6. The first-order chi connectivity index (χ1) is 8.15. The average Bonchev–Trinajstić information content (AvgIpc) is 2.74. The Balaban J connectivity index is 2.08. The van der Waals surface area contributed by atoms with Gasteiger partial charge in [0, 0.05) is 13.1 Å². The van der Waals surface area contributed by atoms with Gasteiger partial charge in [0.1, 0.15) is 5.82 Å². The molecule has 0 radical (unpaired) electrons. The number of amides is 1. The molecule has 0 aromatic carbocycles. The Bertz CT molecular complexity index is 465. The number of hydrogen-bond donors (Lipinski definition) is 1. The number of hydrogen-bond acceptors (Lipinski definition) is 5. The largest absolute Gasteiger partial charge is 0.349 e. The van der Waals surface area contributed by atoms with Gasteiger partial charge >= 0.3 is 5.69 Å². The van der Waals surface area contributed by atoms with Crippen LogP contribution in [0.1, 0.15) is 6.92 Å². The lowest BCUT2D eigenvalue weighted by Gasteiger charge is -2.11. The van der Waals surface area contributed by atoms with Crippen molar-refractivity contribution in [2.75, 3.05) is 18.5 Å². The number of nitrogens with one attached hydrogen (secondary N) is 1. The molecule has 0 unspecified atom stereocenters. The van der Waals surface area contributed by atoms with Gasteiger partial charge in [0.15, 0.2) is 6.29 Å². The fourth-order valence-corrected chi connectivity index (χ4v) is 1.49. The first-order valence-electron chi connectivity index (χ1n) is 5.23. The summed E-state index contributed by atoms with van der Waals surface area (Å²) in [5, 5.41) is 2.44. The maximum absolute atomic E-state index is 11.6. The Morgan fingerprint density at radius 1 is 1.59 bits per heavy atom. The van der Waals surface area contributed by atoms with E-state index in [1.165, 1.54) is 11.5 Å². The first-order valence-corrected chi connectivity index (χ1v) is 5.23. The van der Waals surface area contributed by atoms with Crippen LogP contribution in [0.4, 0.5) is 5.82 Å². The second-order valence-corrected chi connectivity index (χ2v) is 3.60. The second kappa shape index (κ2) is 5.07. The Morgan fingerprint density at radius 2 is 2.29 bits per heavy atom. The minimum Gasteiger partial charge on any atom is -0.348 e. The molecule has 1 aromatic rings. The molecule has 1 N–H and O–H groups in total. The number of carbonyl (C=O) groups excluding carboxylic acids is 1. The highest BCUT2D eigenvalue weighted by Crippen LogP contribution is 2.05. The van der Waals surface area contributed by atoms with E-state index in [0.717, 1.165) is 0 Å². The molecule has 7 heteroatoms. The van der Waals surface area contributed by atoms with Gasteiger partial charge in [-0.2, -0.15) is 4.98 Å². The molecule has 92 valence electrons. The van der Waals surface area contributed by atoms with Crippen molar-refractivity contribution in [3.05, 3.63) is 22.7 Å². The molecule has 1 aliphatic heterocycles. The minimum atomic E-state index is -0.449. The van der Waals surface area contributed by atoms with Gasteiger partial charge < -0.3 is 14.8 Å². The summed E-state index contributed by atoms with van der Waals surface area (Å²) in [6.45, 7) is 2.73. The van der Waals surface area contributed by atoms with Crippen molar-refractivity contribution in [2.45, 2.75) is 19.8 Å². The van der Waals surface area contributed by atoms with Crippen LogP contribution in [0.3, 0.4) is 0 Å². The monoisotopic (exact) mass is 239 g/mol. The van der Waals surface area contributed by atoms with E-state index in [-0.39, 0.29) is 11.7 Å². The van der Waals surface area contributed by atoms with E-state index in [1.807, 2.05) is 0 Å². The van der Waals surface area contributed by atoms with Gasteiger partial charge in [0.25, 0.3) is 0 Å². The third-order valence-corrected chi connectivity index (χ3v) is 2.21. The van der Waals surface area contributed by atoms with Gasteiger partial charge in [-0.25, -0.2) is 4.79 Å². The molecule has 2 heterocycles. The van der Waals surface area contributed by atoms with Crippen molar-refractivity contribution in [1.82, 2.24) is 9.55 Å². The molecule has 7 nitrogen and oxygen atoms in total. The normalized spacial score (nSPS) is 16.1. The molecular weight excluding hydrogens is 226 g/mol. The van der Waals surface area contributed by atoms with Gasteiger partial charge in [-0.3, -0.25) is 9.36 Å². The molecule has 1 aromatic heterocycles. The van der Waals surface area contributed by atoms with Crippen molar-refractivity contribution in [3.63, 3.8) is 0 Å². The molecule has 2 rings (SSSR count). The number of carbonyl (C=O) groups is 1. The van der Waals surface area contributed by atoms with Gasteiger partial charge in [0.2, 0.25) is 5.91 Å². The van der Waals surface area contributed by atoms with Crippen LogP contribution in [-0.2, 0) is 20.8 Å². The fraction of sp³-hybridized carbons (Fsp3) is 0.500. The molecule has 1 aliphatic rings. The van der Waals surface area contributed by atoms with Gasteiger partial charge in [-0.1, -0.05) is 0 Å². The summed E-state index contributed by atoms with van der Waals surface area (Å²) in [6.07, 6.45) is 1.15. The molecule has 1 saturated heterocycles. The Labute approximate surface area is 97.4 Å².